The fourth-order valence-corrected chi connectivity index (χ4v) is 5.39. The number of nitrogens with zero attached hydrogens (tertiary/aromatic N) is 2. The first-order valence-electron chi connectivity index (χ1n) is 13.1. The fraction of sp³-hybridized carbons (Fsp3) is 0.379. The van der Waals surface area contributed by atoms with Crippen molar-refractivity contribution in [2.45, 2.75) is 38.1 Å². The summed E-state index contributed by atoms with van der Waals surface area (Å²) in [7, 11) is 1.36. The number of benzene rings is 2. The van der Waals surface area contributed by atoms with E-state index in [-0.39, 0.29) is 46.6 Å². The standard InChI is InChI=1S/C29H31N3O7/c1-38-25-15-24-21(13-23(25)34)22(33)14-26(39-24)29(37)30-16-28(36)31-11-8-18(9-12-31)20-6-3-2-5-19(20)17-32-10-4-7-27(32)35/h2-3,5-6,13-15,18,34H,4,7-12,16-17H2,1H3,(H,30,37). The summed E-state index contributed by atoms with van der Waals surface area (Å²) in [6.45, 7) is 2.32. The number of hydrogen-bond donors (Lipinski definition) is 2. The smallest absolute Gasteiger partial charge is 0.287 e. The number of phenols is 1. The molecule has 3 amide bonds. The van der Waals surface area contributed by atoms with E-state index in [0.29, 0.717) is 32.0 Å². The number of aromatic hydroxyl groups is 1. The third kappa shape index (κ3) is 5.59. The minimum atomic E-state index is -0.685. The molecule has 204 valence electrons. The predicted molar refractivity (Wildman–Crippen MR) is 143 cm³/mol. The summed E-state index contributed by atoms with van der Waals surface area (Å²) >= 11 is 0. The minimum absolute atomic E-state index is 0.0880. The number of carbonyl (C=O) groups is 3. The first-order chi connectivity index (χ1) is 18.8. The normalized spacial score (nSPS) is 16.1. The van der Waals surface area contributed by atoms with E-state index in [9.17, 15) is 24.3 Å². The van der Waals surface area contributed by atoms with E-state index in [1.54, 1.807) is 4.90 Å². The van der Waals surface area contributed by atoms with Gasteiger partial charge in [-0.1, -0.05) is 24.3 Å². The van der Waals surface area contributed by atoms with Crippen LogP contribution >= 0.6 is 0 Å². The second-order valence-corrected chi connectivity index (χ2v) is 9.95. The van der Waals surface area contributed by atoms with Crippen LogP contribution in [0, 0.1) is 0 Å². The maximum Gasteiger partial charge on any atom is 0.287 e. The van der Waals surface area contributed by atoms with Gasteiger partial charge in [0.2, 0.25) is 11.8 Å². The Kier molecular flexibility index (Phi) is 7.53. The molecule has 10 nitrogen and oxygen atoms in total. The number of likely N-dealkylation sites (tertiary alicyclic amines) is 2. The Labute approximate surface area is 225 Å². The van der Waals surface area contributed by atoms with Crippen molar-refractivity contribution in [3.8, 4) is 11.5 Å². The van der Waals surface area contributed by atoms with Crippen molar-refractivity contribution in [2.24, 2.45) is 0 Å². The number of rotatable bonds is 7. The summed E-state index contributed by atoms with van der Waals surface area (Å²) < 4.78 is 10.6. The quantitative estimate of drug-likeness (QED) is 0.478. The van der Waals surface area contributed by atoms with Crippen LogP contribution in [0.2, 0.25) is 0 Å². The van der Waals surface area contributed by atoms with Crippen LogP contribution < -0.4 is 15.5 Å². The number of ether oxygens (including phenoxy) is 1. The molecule has 3 heterocycles. The van der Waals surface area contributed by atoms with E-state index in [1.165, 1.54) is 24.8 Å². The van der Waals surface area contributed by atoms with E-state index < -0.39 is 11.3 Å². The molecule has 39 heavy (non-hydrogen) atoms. The van der Waals surface area contributed by atoms with Gasteiger partial charge in [0, 0.05) is 44.7 Å². The second-order valence-electron chi connectivity index (χ2n) is 9.95. The molecule has 0 bridgehead atoms. The second kappa shape index (κ2) is 11.2. The van der Waals surface area contributed by atoms with Crippen LogP contribution in [0.25, 0.3) is 11.0 Å². The maximum absolute atomic E-state index is 12.8. The number of phenolic OH excluding ortho intramolecular Hbond substituents is 1. The molecular formula is C29H31N3O7. The highest BCUT2D eigenvalue weighted by molar-refractivity contribution is 5.95. The van der Waals surface area contributed by atoms with E-state index in [4.69, 9.17) is 9.15 Å². The molecule has 5 rings (SSSR count). The minimum Gasteiger partial charge on any atom is -0.504 e. The average Bonchev–Trinajstić information content (AvgIpc) is 3.35. The van der Waals surface area contributed by atoms with Crippen molar-refractivity contribution in [2.75, 3.05) is 33.3 Å². The van der Waals surface area contributed by atoms with Gasteiger partial charge in [-0.3, -0.25) is 19.2 Å². The van der Waals surface area contributed by atoms with Crippen molar-refractivity contribution in [1.82, 2.24) is 15.1 Å². The molecule has 2 N–H and O–H groups in total. The van der Waals surface area contributed by atoms with Crippen LogP contribution in [-0.4, -0.2) is 65.9 Å². The van der Waals surface area contributed by atoms with Crippen molar-refractivity contribution < 1.29 is 28.6 Å². The lowest BCUT2D eigenvalue weighted by atomic mass is 9.86. The van der Waals surface area contributed by atoms with Crippen molar-refractivity contribution in [1.29, 1.82) is 0 Å². The van der Waals surface area contributed by atoms with Gasteiger partial charge in [0.25, 0.3) is 5.91 Å². The van der Waals surface area contributed by atoms with Gasteiger partial charge >= 0.3 is 0 Å². The van der Waals surface area contributed by atoms with Gasteiger partial charge in [0.1, 0.15) is 5.58 Å². The molecule has 2 aromatic carbocycles. The molecule has 0 saturated carbocycles. The summed E-state index contributed by atoms with van der Waals surface area (Å²) in [5.74, 6) is -0.750. The van der Waals surface area contributed by atoms with E-state index >= 15 is 0 Å². The Morgan fingerprint density at radius 3 is 2.59 bits per heavy atom. The zero-order valence-electron chi connectivity index (χ0n) is 21.8. The summed E-state index contributed by atoms with van der Waals surface area (Å²) in [4.78, 5) is 53.7. The fourth-order valence-electron chi connectivity index (χ4n) is 5.39. The number of hydrogen-bond acceptors (Lipinski definition) is 7. The van der Waals surface area contributed by atoms with Crippen LogP contribution in [0.1, 0.15) is 53.3 Å². The van der Waals surface area contributed by atoms with Crippen molar-refractivity contribution in [3.63, 3.8) is 0 Å². The molecule has 3 aromatic rings. The Morgan fingerprint density at radius 1 is 1.10 bits per heavy atom. The molecule has 10 heteroatoms. The molecule has 0 spiro atoms. The highest BCUT2D eigenvalue weighted by Crippen LogP contribution is 2.32. The molecule has 0 atom stereocenters. The van der Waals surface area contributed by atoms with Crippen LogP contribution in [0.15, 0.2) is 51.7 Å². The van der Waals surface area contributed by atoms with Crippen LogP contribution in [0.5, 0.6) is 11.5 Å². The Hall–Kier alpha value is -4.34. The molecule has 2 fully saturated rings. The molecule has 0 aliphatic carbocycles. The zero-order chi connectivity index (χ0) is 27.5. The van der Waals surface area contributed by atoms with Crippen molar-refractivity contribution >= 4 is 28.7 Å². The molecule has 0 radical (unpaired) electrons. The summed E-state index contributed by atoms with van der Waals surface area (Å²) in [6.07, 6.45) is 3.10. The number of fused-ring (bicyclic) bond motifs is 1. The van der Waals surface area contributed by atoms with Gasteiger partial charge in [-0.25, -0.2) is 0 Å². The van der Waals surface area contributed by atoms with Gasteiger partial charge in [-0.15, -0.1) is 0 Å². The Bertz CT molecular complexity index is 1470. The number of nitrogens with one attached hydrogen (secondary N) is 1. The monoisotopic (exact) mass is 533 g/mol. The predicted octanol–water partition coefficient (Wildman–Crippen LogP) is 2.77. The lowest BCUT2D eigenvalue weighted by molar-refractivity contribution is -0.131. The van der Waals surface area contributed by atoms with Crippen LogP contribution in [0.4, 0.5) is 0 Å². The third-order valence-electron chi connectivity index (χ3n) is 7.53. The molecular weight excluding hydrogens is 502 g/mol. The zero-order valence-corrected chi connectivity index (χ0v) is 21.8. The molecule has 2 saturated heterocycles. The largest absolute Gasteiger partial charge is 0.504 e. The highest BCUT2D eigenvalue weighted by atomic mass is 16.5. The number of carbonyl (C=O) groups excluding carboxylic acids is 3. The van der Waals surface area contributed by atoms with Gasteiger partial charge < -0.3 is 29.4 Å². The first-order valence-corrected chi connectivity index (χ1v) is 13.1. The summed E-state index contributed by atoms with van der Waals surface area (Å²) in [5.41, 5.74) is 1.98. The molecule has 1 aromatic heterocycles. The Balaban J connectivity index is 1.18. The lowest BCUT2D eigenvalue weighted by Crippen LogP contribution is -2.44. The highest BCUT2D eigenvalue weighted by Gasteiger charge is 2.27. The van der Waals surface area contributed by atoms with Crippen LogP contribution in [-0.2, 0) is 16.1 Å². The third-order valence-corrected chi connectivity index (χ3v) is 7.53. The Morgan fingerprint density at radius 2 is 1.87 bits per heavy atom. The molecule has 2 aliphatic rings. The maximum atomic E-state index is 12.8. The topological polar surface area (TPSA) is 129 Å². The number of methoxy groups -OCH3 is 1. The number of amides is 3. The average molecular weight is 534 g/mol. The van der Waals surface area contributed by atoms with E-state index in [0.717, 1.165) is 37.4 Å². The molecule has 2 aliphatic heterocycles. The van der Waals surface area contributed by atoms with Gasteiger partial charge in [-0.2, -0.15) is 0 Å². The van der Waals surface area contributed by atoms with E-state index in [2.05, 4.69) is 17.4 Å². The molecule has 0 unspecified atom stereocenters. The van der Waals surface area contributed by atoms with Gasteiger partial charge in [-0.05, 0) is 42.4 Å². The van der Waals surface area contributed by atoms with Gasteiger partial charge in [0.15, 0.2) is 22.7 Å². The SMILES string of the molecule is COc1cc2oc(C(=O)NCC(=O)N3CCC(c4ccccc4CN4CCCC4=O)CC3)cc(=O)c2cc1O. The summed E-state index contributed by atoms with van der Waals surface area (Å²) in [6, 6.07) is 11.8. The lowest BCUT2D eigenvalue weighted by Gasteiger charge is -2.33. The van der Waals surface area contributed by atoms with Crippen LogP contribution in [0.3, 0.4) is 0 Å². The van der Waals surface area contributed by atoms with Crippen molar-refractivity contribution in [3.05, 3.63) is 69.6 Å². The van der Waals surface area contributed by atoms with E-state index in [1.807, 2.05) is 17.0 Å². The number of piperidine rings is 1. The first kappa shape index (κ1) is 26.3. The van der Waals surface area contributed by atoms with Gasteiger partial charge in [0.05, 0.1) is 19.0 Å². The summed E-state index contributed by atoms with van der Waals surface area (Å²) in [5, 5.41) is 12.6.